The first-order valence-electron chi connectivity index (χ1n) is 6.78. The van der Waals surface area contributed by atoms with Crippen molar-refractivity contribution >= 4 is 10.0 Å². The lowest BCUT2D eigenvalue weighted by Crippen LogP contribution is -2.37. The molecule has 106 valence electrons. The Balaban J connectivity index is 2.17. The standard InChI is InChI=1S/C14H21NO3S/c1-2-15(10-12-4-3-5-12)19(17,18)14-8-6-13(11-16)7-9-14/h6-9,12,16H,2-5,10-11H2,1H3. The fraction of sp³-hybridized carbons (Fsp3) is 0.571. The first kappa shape index (κ1) is 14.5. The van der Waals surface area contributed by atoms with Crippen molar-refractivity contribution in [2.45, 2.75) is 37.7 Å². The largest absolute Gasteiger partial charge is 0.392 e. The maximum Gasteiger partial charge on any atom is 0.243 e. The van der Waals surface area contributed by atoms with E-state index in [9.17, 15) is 8.42 Å². The molecule has 0 bridgehead atoms. The van der Waals surface area contributed by atoms with Crippen LogP contribution in [-0.4, -0.2) is 30.9 Å². The first-order chi connectivity index (χ1) is 9.07. The first-order valence-corrected chi connectivity index (χ1v) is 8.22. The Hall–Kier alpha value is -0.910. The molecule has 1 saturated carbocycles. The molecule has 0 radical (unpaired) electrons. The van der Waals surface area contributed by atoms with Crippen molar-refractivity contribution in [2.24, 2.45) is 5.92 Å². The Morgan fingerprint density at radius 3 is 2.32 bits per heavy atom. The number of nitrogens with zero attached hydrogens (tertiary/aromatic N) is 1. The van der Waals surface area contributed by atoms with Crippen LogP contribution in [0.15, 0.2) is 29.2 Å². The van der Waals surface area contributed by atoms with Crippen LogP contribution in [0.5, 0.6) is 0 Å². The molecule has 4 nitrogen and oxygen atoms in total. The summed E-state index contributed by atoms with van der Waals surface area (Å²) in [5.74, 6) is 0.520. The summed E-state index contributed by atoms with van der Waals surface area (Å²) in [6.45, 7) is 2.93. The molecule has 1 aliphatic rings. The second kappa shape index (κ2) is 6.03. The minimum absolute atomic E-state index is 0.0695. The average molecular weight is 283 g/mol. The summed E-state index contributed by atoms with van der Waals surface area (Å²) in [6.07, 6.45) is 3.48. The third-order valence-corrected chi connectivity index (χ3v) is 5.74. The van der Waals surface area contributed by atoms with Crippen LogP contribution in [0.2, 0.25) is 0 Å². The molecule has 0 saturated heterocycles. The summed E-state index contributed by atoms with van der Waals surface area (Å²) in [6, 6.07) is 6.46. The van der Waals surface area contributed by atoms with Gasteiger partial charge in [-0.3, -0.25) is 0 Å². The van der Waals surface area contributed by atoms with E-state index in [4.69, 9.17) is 5.11 Å². The van der Waals surface area contributed by atoms with E-state index in [0.717, 1.165) is 18.4 Å². The normalized spacial score (nSPS) is 16.6. The molecule has 1 aliphatic carbocycles. The minimum Gasteiger partial charge on any atom is -0.392 e. The zero-order valence-electron chi connectivity index (χ0n) is 11.2. The van der Waals surface area contributed by atoms with Gasteiger partial charge in [-0.2, -0.15) is 4.31 Å². The van der Waals surface area contributed by atoms with E-state index in [1.807, 2.05) is 6.92 Å². The molecule has 1 aromatic carbocycles. The molecule has 2 rings (SSSR count). The Morgan fingerprint density at radius 2 is 1.89 bits per heavy atom. The third-order valence-electron chi connectivity index (χ3n) is 3.78. The van der Waals surface area contributed by atoms with Crippen LogP contribution in [0.3, 0.4) is 0 Å². The van der Waals surface area contributed by atoms with Gasteiger partial charge in [0.25, 0.3) is 0 Å². The molecule has 19 heavy (non-hydrogen) atoms. The lowest BCUT2D eigenvalue weighted by atomic mass is 9.85. The maximum absolute atomic E-state index is 12.5. The van der Waals surface area contributed by atoms with Gasteiger partial charge >= 0.3 is 0 Å². The molecule has 1 N–H and O–H groups in total. The highest BCUT2D eigenvalue weighted by molar-refractivity contribution is 7.89. The molecule has 0 heterocycles. The molecule has 0 aromatic heterocycles. The molecule has 5 heteroatoms. The van der Waals surface area contributed by atoms with Gasteiger partial charge in [0.2, 0.25) is 10.0 Å². The molecule has 0 atom stereocenters. The summed E-state index contributed by atoms with van der Waals surface area (Å²) in [5.41, 5.74) is 0.723. The summed E-state index contributed by atoms with van der Waals surface area (Å²) >= 11 is 0. The van der Waals surface area contributed by atoms with E-state index < -0.39 is 10.0 Å². The van der Waals surface area contributed by atoms with Crippen LogP contribution in [-0.2, 0) is 16.6 Å². The van der Waals surface area contributed by atoms with Crippen molar-refractivity contribution in [1.29, 1.82) is 0 Å². The zero-order chi connectivity index (χ0) is 13.9. The fourth-order valence-corrected chi connectivity index (χ4v) is 3.80. The third kappa shape index (κ3) is 3.16. The van der Waals surface area contributed by atoms with Crippen LogP contribution in [0.4, 0.5) is 0 Å². The predicted octanol–water partition coefficient (Wildman–Crippen LogP) is 1.99. The van der Waals surface area contributed by atoms with Gasteiger partial charge in [0.15, 0.2) is 0 Å². The quantitative estimate of drug-likeness (QED) is 0.868. The van der Waals surface area contributed by atoms with Gasteiger partial charge in [0, 0.05) is 13.1 Å². The van der Waals surface area contributed by atoms with Crippen LogP contribution < -0.4 is 0 Å². The monoisotopic (exact) mass is 283 g/mol. The number of hydrogen-bond donors (Lipinski definition) is 1. The summed E-state index contributed by atoms with van der Waals surface area (Å²) in [4.78, 5) is 0.311. The van der Waals surface area contributed by atoms with E-state index in [2.05, 4.69) is 0 Å². The second-order valence-electron chi connectivity index (χ2n) is 5.05. The molecule has 1 aromatic rings. The summed E-state index contributed by atoms with van der Waals surface area (Å²) in [5, 5.41) is 8.99. The Morgan fingerprint density at radius 1 is 1.26 bits per heavy atom. The Labute approximate surface area is 115 Å². The van der Waals surface area contributed by atoms with Gasteiger partial charge < -0.3 is 5.11 Å². The zero-order valence-corrected chi connectivity index (χ0v) is 12.1. The molecule has 0 unspecified atom stereocenters. The van der Waals surface area contributed by atoms with Crippen molar-refractivity contribution in [3.05, 3.63) is 29.8 Å². The number of sulfonamides is 1. The van der Waals surface area contributed by atoms with Crippen molar-refractivity contribution < 1.29 is 13.5 Å². The lowest BCUT2D eigenvalue weighted by molar-refractivity contribution is 0.250. The van der Waals surface area contributed by atoms with Crippen molar-refractivity contribution in [3.63, 3.8) is 0 Å². The average Bonchev–Trinajstić information content (AvgIpc) is 2.37. The van der Waals surface area contributed by atoms with Gasteiger partial charge in [-0.15, -0.1) is 0 Å². The Kier molecular flexibility index (Phi) is 4.60. The molecule has 1 fully saturated rings. The van der Waals surface area contributed by atoms with E-state index in [0.29, 0.717) is 23.9 Å². The smallest absolute Gasteiger partial charge is 0.243 e. The van der Waals surface area contributed by atoms with Crippen molar-refractivity contribution in [2.75, 3.05) is 13.1 Å². The fourth-order valence-electron chi connectivity index (χ4n) is 2.28. The minimum atomic E-state index is -3.40. The van der Waals surface area contributed by atoms with E-state index in [1.165, 1.54) is 6.42 Å². The maximum atomic E-state index is 12.5. The Bertz CT molecular complexity index is 506. The molecule has 0 amide bonds. The number of aliphatic hydroxyl groups is 1. The van der Waals surface area contributed by atoms with Crippen LogP contribution >= 0.6 is 0 Å². The topological polar surface area (TPSA) is 57.6 Å². The summed E-state index contributed by atoms with van der Waals surface area (Å²) < 4.78 is 26.6. The molecular weight excluding hydrogens is 262 g/mol. The highest BCUT2D eigenvalue weighted by Crippen LogP contribution is 2.29. The number of hydrogen-bond acceptors (Lipinski definition) is 3. The van der Waals surface area contributed by atoms with Crippen LogP contribution in [0.1, 0.15) is 31.7 Å². The molecule has 0 spiro atoms. The van der Waals surface area contributed by atoms with Gasteiger partial charge in [0.05, 0.1) is 11.5 Å². The van der Waals surface area contributed by atoms with E-state index in [-0.39, 0.29) is 6.61 Å². The SMILES string of the molecule is CCN(CC1CCC1)S(=O)(=O)c1ccc(CO)cc1. The predicted molar refractivity (Wildman–Crippen MR) is 74.1 cm³/mol. The van der Waals surface area contributed by atoms with Gasteiger partial charge in [-0.25, -0.2) is 8.42 Å². The molecule has 0 aliphatic heterocycles. The summed E-state index contributed by atoms with van der Waals surface area (Å²) in [7, 11) is -3.40. The molecular formula is C14H21NO3S. The van der Waals surface area contributed by atoms with Gasteiger partial charge in [0.1, 0.15) is 0 Å². The van der Waals surface area contributed by atoms with Crippen molar-refractivity contribution in [1.82, 2.24) is 4.31 Å². The highest BCUT2D eigenvalue weighted by Gasteiger charge is 2.28. The lowest BCUT2D eigenvalue weighted by Gasteiger charge is -2.31. The van der Waals surface area contributed by atoms with Gasteiger partial charge in [-0.1, -0.05) is 25.5 Å². The number of rotatable bonds is 6. The van der Waals surface area contributed by atoms with Crippen LogP contribution in [0, 0.1) is 5.92 Å². The van der Waals surface area contributed by atoms with Crippen molar-refractivity contribution in [3.8, 4) is 0 Å². The number of aliphatic hydroxyl groups excluding tert-OH is 1. The number of benzene rings is 1. The second-order valence-corrected chi connectivity index (χ2v) is 6.99. The van der Waals surface area contributed by atoms with E-state index >= 15 is 0 Å². The van der Waals surface area contributed by atoms with Crippen LogP contribution in [0.25, 0.3) is 0 Å². The van der Waals surface area contributed by atoms with E-state index in [1.54, 1.807) is 28.6 Å². The van der Waals surface area contributed by atoms with Gasteiger partial charge in [-0.05, 0) is 36.5 Å². The highest BCUT2D eigenvalue weighted by atomic mass is 32.2.